The van der Waals surface area contributed by atoms with Gasteiger partial charge in [0, 0.05) is 12.3 Å². The average molecular weight is 328 g/mol. The Balaban J connectivity index is 2.42. The Labute approximate surface area is 129 Å². The molecule has 0 aliphatic heterocycles. The molecule has 7 heteroatoms. The molecule has 0 aliphatic carbocycles. The minimum Gasteiger partial charge on any atom is -0.275 e. The van der Waals surface area contributed by atoms with Gasteiger partial charge < -0.3 is 0 Å². The number of aromatic nitrogens is 3. The number of halogens is 4. The van der Waals surface area contributed by atoms with Gasteiger partial charge in [-0.3, -0.25) is 4.57 Å². The maximum Gasteiger partial charge on any atom is 0.164 e. The van der Waals surface area contributed by atoms with Crippen LogP contribution >= 0.6 is 23.2 Å². The molecule has 0 N–H and O–H groups in total. The minimum absolute atomic E-state index is 0.0123. The summed E-state index contributed by atoms with van der Waals surface area (Å²) >= 11 is 12.1. The van der Waals surface area contributed by atoms with Crippen LogP contribution < -0.4 is 0 Å². The molecule has 1 atom stereocenters. The van der Waals surface area contributed by atoms with Crippen molar-refractivity contribution in [3.8, 4) is 5.69 Å². The van der Waals surface area contributed by atoms with Crippen LogP contribution in [0.1, 0.15) is 18.1 Å². The number of pyridine rings is 1. The van der Waals surface area contributed by atoms with Gasteiger partial charge >= 0.3 is 0 Å². The molecule has 3 aromatic rings. The van der Waals surface area contributed by atoms with Crippen molar-refractivity contribution in [1.29, 1.82) is 0 Å². The summed E-state index contributed by atoms with van der Waals surface area (Å²) in [6, 6.07) is 5.25. The molecule has 0 saturated heterocycles. The van der Waals surface area contributed by atoms with E-state index in [1.165, 1.54) is 4.57 Å². The molecule has 0 radical (unpaired) electrons. The van der Waals surface area contributed by atoms with Crippen LogP contribution in [0.2, 0.25) is 5.02 Å². The first kappa shape index (κ1) is 14.2. The van der Waals surface area contributed by atoms with E-state index in [2.05, 4.69) is 9.97 Å². The van der Waals surface area contributed by atoms with Gasteiger partial charge in [-0.15, -0.1) is 11.6 Å². The Kier molecular flexibility index (Phi) is 3.55. The molecule has 0 spiro atoms. The Morgan fingerprint density at radius 2 is 2.05 bits per heavy atom. The first-order valence-corrected chi connectivity index (χ1v) is 6.93. The molecule has 0 aliphatic rings. The maximum absolute atomic E-state index is 14.2. The zero-order valence-electron chi connectivity index (χ0n) is 10.8. The SMILES string of the molecule is CC(Cl)c1nc2cccnc2n1-c1c(F)cc(F)cc1Cl. The fourth-order valence-electron chi connectivity index (χ4n) is 2.17. The average Bonchev–Trinajstić information content (AvgIpc) is 2.77. The summed E-state index contributed by atoms with van der Waals surface area (Å²) in [5, 5.41) is -0.573. The van der Waals surface area contributed by atoms with E-state index in [1.807, 2.05) is 0 Å². The number of imidazole rings is 1. The lowest BCUT2D eigenvalue weighted by Crippen LogP contribution is -2.06. The third kappa shape index (κ3) is 2.36. The van der Waals surface area contributed by atoms with Crippen LogP contribution in [0.4, 0.5) is 8.78 Å². The van der Waals surface area contributed by atoms with Crippen LogP contribution in [0.5, 0.6) is 0 Å². The van der Waals surface area contributed by atoms with Crippen LogP contribution in [0.3, 0.4) is 0 Å². The molecular formula is C14H9Cl2F2N3. The Morgan fingerprint density at radius 3 is 2.71 bits per heavy atom. The number of alkyl halides is 1. The van der Waals surface area contributed by atoms with Crippen molar-refractivity contribution in [3.63, 3.8) is 0 Å². The molecule has 0 amide bonds. The van der Waals surface area contributed by atoms with Crippen molar-refractivity contribution in [3.05, 3.63) is 52.9 Å². The first-order chi connectivity index (χ1) is 9.99. The zero-order chi connectivity index (χ0) is 15.1. The van der Waals surface area contributed by atoms with E-state index in [0.717, 1.165) is 12.1 Å². The third-order valence-corrected chi connectivity index (χ3v) is 3.49. The van der Waals surface area contributed by atoms with Gasteiger partial charge in [0.15, 0.2) is 11.5 Å². The summed E-state index contributed by atoms with van der Waals surface area (Å²) in [6.07, 6.45) is 1.55. The molecule has 0 saturated carbocycles. The van der Waals surface area contributed by atoms with E-state index >= 15 is 0 Å². The number of nitrogens with zero attached hydrogens (tertiary/aromatic N) is 3. The predicted octanol–water partition coefficient (Wildman–Crippen LogP) is 4.65. The Morgan fingerprint density at radius 1 is 1.29 bits per heavy atom. The van der Waals surface area contributed by atoms with E-state index in [4.69, 9.17) is 23.2 Å². The van der Waals surface area contributed by atoms with Crippen molar-refractivity contribution in [2.75, 3.05) is 0 Å². The van der Waals surface area contributed by atoms with Gasteiger partial charge in [-0.05, 0) is 25.1 Å². The van der Waals surface area contributed by atoms with E-state index < -0.39 is 17.0 Å². The largest absolute Gasteiger partial charge is 0.275 e. The molecule has 1 unspecified atom stereocenters. The lowest BCUT2D eigenvalue weighted by molar-refractivity contribution is 0.577. The second-order valence-electron chi connectivity index (χ2n) is 4.49. The molecule has 3 rings (SSSR count). The van der Waals surface area contributed by atoms with E-state index in [-0.39, 0.29) is 10.7 Å². The highest BCUT2D eigenvalue weighted by atomic mass is 35.5. The topological polar surface area (TPSA) is 30.7 Å². The van der Waals surface area contributed by atoms with Crippen molar-refractivity contribution in [2.45, 2.75) is 12.3 Å². The van der Waals surface area contributed by atoms with Crippen molar-refractivity contribution in [1.82, 2.24) is 14.5 Å². The van der Waals surface area contributed by atoms with Crippen LogP contribution in [0.25, 0.3) is 16.9 Å². The van der Waals surface area contributed by atoms with Gasteiger partial charge in [-0.25, -0.2) is 18.7 Å². The van der Waals surface area contributed by atoms with Crippen molar-refractivity contribution < 1.29 is 8.78 Å². The smallest absolute Gasteiger partial charge is 0.164 e. The summed E-state index contributed by atoms with van der Waals surface area (Å²) in [5.74, 6) is -1.17. The highest BCUT2D eigenvalue weighted by Gasteiger charge is 2.22. The van der Waals surface area contributed by atoms with Gasteiger partial charge in [0.05, 0.1) is 10.4 Å². The van der Waals surface area contributed by atoms with Crippen molar-refractivity contribution in [2.24, 2.45) is 0 Å². The summed E-state index contributed by atoms with van der Waals surface area (Å²) in [7, 11) is 0. The molecular weight excluding hydrogens is 319 g/mol. The number of rotatable bonds is 2. The van der Waals surface area contributed by atoms with Gasteiger partial charge in [-0.2, -0.15) is 0 Å². The second-order valence-corrected chi connectivity index (χ2v) is 5.55. The normalized spacial score (nSPS) is 12.8. The molecule has 1 aromatic carbocycles. The summed E-state index contributed by atoms with van der Waals surface area (Å²) in [4.78, 5) is 8.53. The fourth-order valence-corrected chi connectivity index (χ4v) is 2.59. The number of benzene rings is 1. The maximum atomic E-state index is 14.2. The van der Waals surface area contributed by atoms with Crippen LogP contribution in [-0.4, -0.2) is 14.5 Å². The molecule has 108 valence electrons. The summed E-state index contributed by atoms with van der Waals surface area (Å²) < 4.78 is 28.9. The van der Waals surface area contributed by atoms with E-state index in [0.29, 0.717) is 17.0 Å². The third-order valence-electron chi connectivity index (χ3n) is 3.00. The monoisotopic (exact) mass is 327 g/mol. The van der Waals surface area contributed by atoms with E-state index in [1.54, 1.807) is 25.3 Å². The number of fused-ring (bicyclic) bond motifs is 1. The van der Waals surface area contributed by atoms with Gasteiger partial charge in [-0.1, -0.05) is 11.6 Å². The van der Waals surface area contributed by atoms with Crippen molar-refractivity contribution >= 4 is 34.4 Å². The minimum atomic E-state index is -0.802. The zero-order valence-corrected chi connectivity index (χ0v) is 12.3. The summed E-state index contributed by atoms with van der Waals surface area (Å²) in [5.41, 5.74) is 0.953. The fraction of sp³-hybridized carbons (Fsp3) is 0.143. The van der Waals surface area contributed by atoms with Crippen LogP contribution in [0, 0.1) is 11.6 Å². The van der Waals surface area contributed by atoms with Gasteiger partial charge in [0.25, 0.3) is 0 Å². The number of hydrogen-bond acceptors (Lipinski definition) is 2. The van der Waals surface area contributed by atoms with Gasteiger partial charge in [0.1, 0.15) is 22.8 Å². The summed E-state index contributed by atoms with van der Waals surface area (Å²) in [6.45, 7) is 1.70. The number of hydrogen-bond donors (Lipinski definition) is 0. The lowest BCUT2D eigenvalue weighted by atomic mass is 10.2. The quantitative estimate of drug-likeness (QED) is 0.641. The van der Waals surface area contributed by atoms with Crippen LogP contribution in [-0.2, 0) is 0 Å². The standard InChI is InChI=1S/C14H9Cl2F2N3/c1-7(15)13-20-11-3-2-4-19-14(11)21(13)12-9(16)5-8(17)6-10(12)18/h2-7H,1H3. The lowest BCUT2D eigenvalue weighted by Gasteiger charge is -2.12. The molecule has 0 fully saturated rings. The molecule has 2 aromatic heterocycles. The second kappa shape index (κ2) is 5.24. The highest BCUT2D eigenvalue weighted by molar-refractivity contribution is 6.32. The molecule has 0 bridgehead atoms. The molecule has 3 nitrogen and oxygen atoms in total. The predicted molar refractivity (Wildman–Crippen MR) is 78.1 cm³/mol. The van der Waals surface area contributed by atoms with Crippen LogP contribution in [0.15, 0.2) is 30.5 Å². The van der Waals surface area contributed by atoms with E-state index in [9.17, 15) is 8.78 Å². The molecule has 21 heavy (non-hydrogen) atoms. The highest BCUT2D eigenvalue weighted by Crippen LogP contribution is 2.32. The van der Waals surface area contributed by atoms with Gasteiger partial charge in [0.2, 0.25) is 0 Å². The Bertz CT molecular complexity index is 807. The Hall–Kier alpha value is -1.72. The first-order valence-electron chi connectivity index (χ1n) is 6.11. The molecule has 2 heterocycles.